The third-order valence-electron chi connectivity index (χ3n) is 2.74. The number of nitrogens with one attached hydrogen (secondary N) is 1. The Bertz CT molecular complexity index is 308. The molecule has 0 bridgehead atoms. The molecule has 1 atom stereocenters. The topological polar surface area (TPSA) is 38.0 Å². The van der Waals surface area contributed by atoms with E-state index in [0.717, 1.165) is 11.6 Å². The summed E-state index contributed by atoms with van der Waals surface area (Å²) in [6, 6.07) is 8.15. The third-order valence-corrected chi connectivity index (χ3v) is 3.97. The van der Waals surface area contributed by atoms with E-state index in [-0.39, 0.29) is 0 Å². The molecule has 0 aliphatic carbocycles. The molecule has 1 unspecified atom stereocenters. The summed E-state index contributed by atoms with van der Waals surface area (Å²) in [5.41, 5.74) is 6.60. The monoisotopic (exact) mass is 222 g/mol. The minimum Gasteiger partial charge on any atom is -0.399 e. The van der Waals surface area contributed by atoms with Gasteiger partial charge in [-0.05, 0) is 50.0 Å². The zero-order valence-corrected chi connectivity index (χ0v) is 9.72. The number of anilines is 1. The number of rotatable bonds is 3. The first-order valence-corrected chi connectivity index (χ1v) is 6.52. The molecule has 2 nitrogen and oxygen atoms in total. The Labute approximate surface area is 95.6 Å². The van der Waals surface area contributed by atoms with Crippen LogP contribution in [0, 0.1) is 5.92 Å². The second-order valence-corrected chi connectivity index (χ2v) is 5.19. The predicted molar refractivity (Wildman–Crippen MR) is 67.2 cm³/mol. The second kappa shape index (κ2) is 5.42. The number of benzene rings is 1. The van der Waals surface area contributed by atoms with Crippen LogP contribution in [-0.4, -0.2) is 18.8 Å². The third kappa shape index (κ3) is 3.43. The van der Waals surface area contributed by atoms with Gasteiger partial charge in [0.2, 0.25) is 0 Å². The van der Waals surface area contributed by atoms with Crippen LogP contribution >= 0.6 is 11.8 Å². The number of nitrogens with two attached hydrogens (primary N) is 1. The van der Waals surface area contributed by atoms with Crippen molar-refractivity contribution >= 4 is 17.4 Å². The summed E-state index contributed by atoms with van der Waals surface area (Å²) < 4.78 is 0. The van der Waals surface area contributed by atoms with E-state index in [1.54, 1.807) is 0 Å². The second-order valence-electron chi connectivity index (χ2n) is 4.10. The van der Waals surface area contributed by atoms with Crippen LogP contribution in [0.1, 0.15) is 12.8 Å². The first kappa shape index (κ1) is 10.8. The standard InChI is InChI=1S/C12H18N2S/c13-11-4-1-5-12(7-11)15-9-10-3-2-6-14-8-10/h1,4-5,7,10,14H,2-3,6,8-9,13H2. The molecule has 0 saturated carbocycles. The Hall–Kier alpha value is -0.670. The molecule has 1 heterocycles. The van der Waals surface area contributed by atoms with Gasteiger partial charge in [0.1, 0.15) is 0 Å². The Balaban J connectivity index is 1.81. The summed E-state index contributed by atoms with van der Waals surface area (Å²) >= 11 is 1.92. The first-order chi connectivity index (χ1) is 7.34. The maximum Gasteiger partial charge on any atom is 0.0325 e. The van der Waals surface area contributed by atoms with E-state index >= 15 is 0 Å². The highest BCUT2D eigenvalue weighted by Gasteiger charge is 2.12. The number of nitrogen functional groups attached to an aromatic ring is 1. The minimum atomic E-state index is 0.824. The van der Waals surface area contributed by atoms with Gasteiger partial charge in [-0.1, -0.05) is 6.07 Å². The van der Waals surface area contributed by atoms with Gasteiger partial charge < -0.3 is 11.1 Å². The Morgan fingerprint density at radius 1 is 1.47 bits per heavy atom. The van der Waals surface area contributed by atoms with Crippen molar-refractivity contribution < 1.29 is 0 Å². The van der Waals surface area contributed by atoms with Crippen LogP contribution in [0.3, 0.4) is 0 Å². The quantitative estimate of drug-likeness (QED) is 0.609. The average Bonchev–Trinajstić information content (AvgIpc) is 2.28. The van der Waals surface area contributed by atoms with Crippen molar-refractivity contribution in [3.63, 3.8) is 0 Å². The molecule has 1 saturated heterocycles. The lowest BCUT2D eigenvalue weighted by Gasteiger charge is -2.22. The molecule has 1 aliphatic rings. The normalized spacial score (nSPS) is 21.5. The lowest BCUT2D eigenvalue weighted by Crippen LogP contribution is -2.30. The van der Waals surface area contributed by atoms with Gasteiger partial charge >= 0.3 is 0 Å². The molecule has 0 radical (unpaired) electrons. The van der Waals surface area contributed by atoms with Gasteiger partial charge in [0.25, 0.3) is 0 Å². The summed E-state index contributed by atoms with van der Waals surface area (Å²) in [5.74, 6) is 2.03. The number of hydrogen-bond donors (Lipinski definition) is 2. The van der Waals surface area contributed by atoms with E-state index < -0.39 is 0 Å². The summed E-state index contributed by atoms with van der Waals surface area (Å²) in [4.78, 5) is 1.29. The minimum absolute atomic E-state index is 0.824. The molecule has 0 aromatic heterocycles. The summed E-state index contributed by atoms with van der Waals surface area (Å²) in [5, 5.41) is 3.44. The molecule has 3 heteroatoms. The molecular weight excluding hydrogens is 204 g/mol. The van der Waals surface area contributed by atoms with Crippen LogP contribution in [0.25, 0.3) is 0 Å². The highest BCUT2D eigenvalue weighted by Crippen LogP contribution is 2.24. The number of piperidine rings is 1. The average molecular weight is 222 g/mol. The first-order valence-electron chi connectivity index (χ1n) is 5.53. The molecule has 1 aromatic carbocycles. The lowest BCUT2D eigenvalue weighted by molar-refractivity contribution is 0.410. The van der Waals surface area contributed by atoms with Gasteiger partial charge in [0.05, 0.1) is 0 Å². The van der Waals surface area contributed by atoms with Crippen LogP contribution in [0.2, 0.25) is 0 Å². The van der Waals surface area contributed by atoms with Crippen LogP contribution in [0.4, 0.5) is 5.69 Å². The van der Waals surface area contributed by atoms with E-state index in [4.69, 9.17) is 5.73 Å². The van der Waals surface area contributed by atoms with E-state index in [1.807, 2.05) is 23.9 Å². The summed E-state index contributed by atoms with van der Waals surface area (Å²) in [7, 11) is 0. The molecule has 1 aromatic rings. The van der Waals surface area contributed by atoms with Gasteiger partial charge in [-0.25, -0.2) is 0 Å². The molecular formula is C12H18N2S. The van der Waals surface area contributed by atoms with E-state index in [1.165, 1.54) is 36.6 Å². The SMILES string of the molecule is Nc1cccc(SCC2CCCNC2)c1. The number of hydrogen-bond acceptors (Lipinski definition) is 3. The van der Waals surface area contributed by atoms with Crippen LogP contribution in [-0.2, 0) is 0 Å². The van der Waals surface area contributed by atoms with E-state index in [2.05, 4.69) is 17.4 Å². The predicted octanol–water partition coefficient (Wildman–Crippen LogP) is 2.36. The molecule has 15 heavy (non-hydrogen) atoms. The summed E-state index contributed by atoms with van der Waals surface area (Å²) in [6.45, 7) is 2.37. The fourth-order valence-corrected chi connectivity index (χ4v) is 2.99. The molecule has 0 spiro atoms. The number of thioether (sulfide) groups is 1. The summed E-state index contributed by atoms with van der Waals surface area (Å²) in [6.07, 6.45) is 2.68. The fourth-order valence-electron chi connectivity index (χ4n) is 1.88. The molecule has 82 valence electrons. The lowest BCUT2D eigenvalue weighted by atomic mass is 10.0. The maximum atomic E-state index is 5.74. The maximum absolute atomic E-state index is 5.74. The molecule has 1 fully saturated rings. The molecule has 0 amide bonds. The zero-order valence-electron chi connectivity index (χ0n) is 8.91. The highest BCUT2D eigenvalue weighted by molar-refractivity contribution is 7.99. The smallest absolute Gasteiger partial charge is 0.0325 e. The molecule has 1 aliphatic heterocycles. The van der Waals surface area contributed by atoms with Crippen molar-refractivity contribution in [2.45, 2.75) is 17.7 Å². The Morgan fingerprint density at radius 3 is 3.13 bits per heavy atom. The molecule has 2 rings (SSSR count). The molecule has 3 N–H and O–H groups in total. The van der Waals surface area contributed by atoms with Crippen molar-refractivity contribution in [1.82, 2.24) is 5.32 Å². The zero-order chi connectivity index (χ0) is 10.5. The van der Waals surface area contributed by atoms with Crippen molar-refractivity contribution in [3.8, 4) is 0 Å². The van der Waals surface area contributed by atoms with Crippen LogP contribution < -0.4 is 11.1 Å². The Morgan fingerprint density at radius 2 is 2.40 bits per heavy atom. The van der Waals surface area contributed by atoms with Gasteiger partial charge in [0, 0.05) is 16.3 Å². The van der Waals surface area contributed by atoms with E-state index in [0.29, 0.717) is 0 Å². The van der Waals surface area contributed by atoms with Gasteiger partial charge in [-0.15, -0.1) is 11.8 Å². The Kier molecular flexibility index (Phi) is 3.92. The van der Waals surface area contributed by atoms with Crippen molar-refractivity contribution in [2.75, 3.05) is 24.6 Å². The van der Waals surface area contributed by atoms with Gasteiger partial charge in [-0.3, -0.25) is 0 Å². The fraction of sp³-hybridized carbons (Fsp3) is 0.500. The van der Waals surface area contributed by atoms with Crippen LogP contribution in [0.15, 0.2) is 29.2 Å². The van der Waals surface area contributed by atoms with Crippen molar-refractivity contribution in [1.29, 1.82) is 0 Å². The van der Waals surface area contributed by atoms with Gasteiger partial charge in [0.15, 0.2) is 0 Å². The largest absolute Gasteiger partial charge is 0.399 e. The van der Waals surface area contributed by atoms with Crippen molar-refractivity contribution in [3.05, 3.63) is 24.3 Å². The van der Waals surface area contributed by atoms with E-state index in [9.17, 15) is 0 Å². The van der Waals surface area contributed by atoms with Crippen molar-refractivity contribution in [2.24, 2.45) is 5.92 Å². The highest BCUT2D eigenvalue weighted by atomic mass is 32.2. The van der Waals surface area contributed by atoms with Crippen LogP contribution in [0.5, 0.6) is 0 Å². The van der Waals surface area contributed by atoms with Gasteiger partial charge in [-0.2, -0.15) is 0 Å².